The summed E-state index contributed by atoms with van der Waals surface area (Å²) in [6.45, 7) is 2.55. The highest BCUT2D eigenvalue weighted by Crippen LogP contribution is 2.36. The maximum absolute atomic E-state index is 11.4. The van der Waals surface area contributed by atoms with E-state index in [1.54, 1.807) is 0 Å². The quantitative estimate of drug-likeness (QED) is 0.646. The lowest BCUT2D eigenvalue weighted by Crippen LogP contribution is -2.32. The first-order chi connectivity index (χ1) is 6.11. The lowest BCUT2D eigenvalue weighted by molar-refractivity contribution is -0.125. The third kappa shape index (κ3) is 3.72. The van der Waals surface area contributed by atoms with E-state index in [0.29, 0.717) is 23.9 Å². The van der Waals surface area contributed by atoms with Crippen LogP contribution >= 0.6 is 12.2 Å². The van der Waals surface area contributed by atoms with Crippen molar-refractivity contribution in [1.29, 1.82) is 0 Å². The van der Waals surface area contributed by atoms with Crippen molar-refractivity contribution >= 4 is 23.1 Å². The van der Waals surface area contributed by atoms with Gasteiger partial charge >= 0.3 is 0 Å². The Balaban J connectivity index is 2.13. The Kier molecular flexibility index (Phi) is 3.66. The molecule has 4 heteroatoms. The van der Waals surface area contributed by atoms with Gasteiger partial charge in [-0.15, -0.1) is 0 Å². The number of rotatable bonds is 5. The van der Waals surface area contributed by atoms with E-state index in [0.717, 1.165) is 0 Å². The fourth-order valence-electron chi connectivity index (χ4n) is 1.28. The molecule has 3 nitrogen and oxygen atoms in total. The van der Waals surface area contributed by atoms with Gasteiger partial charge in [0.2, 0.25) is 5.91 Å². The lowest BCUT2D eigenvalue weighted by Gasteiger charge is -2.10. The predicted octanol–water partition coefficient (Wildman–Crippen LogP) is 0.825. The van der Waals surface area contributed by atoms with Gasteiger partial charge in [-0.1, -0.05) is 19.1 Å². The van der Waals surface area contributed by atoms with Crippen LogP contribution in [0.3, 0.4) is 0 Å². The van der Waals surface area contributed by atoms with Crippen molar-refractivity contribution < 1.29 is 4.79 Å². The SMILES string of the molecule is CC(C(=O)NCCC(N)=S)C1CC1. The molecule has 1 unspecified atom stereocenters. The molecule has 1 rings (SSSR count). The van der Waals surface area contributed by atoms with Crippen LogP contribution < -0.4 is 11.1 Å². The molecule has 0 aromatic carbocycles. The standard InChI is InChI=1S/C9H16N2OS/c1-6(7-2-3-7)9(12)11-5-4-8(10)13/h6-7H,2-5H2,1H3,(H2,10,13)(H,11,12). The third-order valence-corrected chi connectivity index (χ3v) is 2.62. The molecule has 0 spiro atoms. The summed E-state index contributed by atoms with van der Waals surface area (Å²) in [6.07, 6.45) is 2.99. The van der Waals surface area contributed by atoms with Crippen molar-refractivity contribution in [1.82, 2.24) is 5.32 Å². The molecule has 3 N–H and O–H groups in total. The van der Waals surface area contributed by atoms with Gasteiger partial charge in [0.1, 0.15) is 0 Å². The first kappa shape index (κ1) is 10.4. The maximum atomic E-state index is 11.4. The average Bonchev–Trinajstić information content (AvgIpc) is 2.84. The Morgan fingerprint density at radius 2 is 2.31 bits per heavy atom. The molecule has 0 aromatic rings. The van der Waals surface area contributed by atoms with Crippen LogP contribution in [0.5, 0.6) is 0 Å². The van der Waals surface area contributed by atoms with Gasteiger partial charge in [0, 0.05) is 18.9 Å². The monoisotopic (exact) mass is 200 g/mol. The molecule has 0 heterocycles. The summed E-state index contributed by atoms with van der Waals surface area (Å²) in [4.78, 5) is 11.9. The highest BCUT2D eigenvalue weighted by molar-refractivity contribution is 7.80. The zero-order valence-electron chi connectivity index (χ0n) is 7.88. The summed E-state index contributed by atoms with van der Waals surface area (Å²) in [5.41, 5.74) is 5.31. The molecular formula is C9H16N2OS. The van der Waals surface area contributed by atoms with Crippen LogP contribution in [-0.2, 0) is 4.79 Å². The Labute approximate surface area is 84.1 Å². The smallest absolute Gasteiger partial charge is 0.223 e. The maximum Gasteiger partial charge on any atom is 0.223 e. The van der Waals surface area contributed by atoms with E-state index in [2.05, 4.69) is 5.32 Å². The Hall–Kier alpha value is -0.640. The zero-order chi connectivity index (χ0) is 9.84. The van der Waals surface area contributed by atoms with Crippen molar-refractivity contribution in [3.8, 4) is 0 Å². The summed E-state index contributed by atoms with van der Waals surface area (Å²) in [6, 6.07) is 0. The van der Waals surface area contributed by atoms with Crippen molar-refractivity contribution in [3.05, 3.63) is 0 Å². The molecule has 0 aromatic heterocycles. The van der Waals surface area contributed by atoms with Gasteiger partial charge in [-0.25, -0.2) is 0 Å². The topological polar surface area (TPSA) is 55.1 Å². The van der Waals surface area contributed by atoms with Gasteiger partial charge in [-0.3, -0.25) is 4.79 Å². The van der Waals surface area contributed by atoms with Gasteiger partial charge in [0.05, 0.1) is 4.99 Å². The second-order valence-corrected chi connectivity index (χ2v) is 4.16. The molecule has 1 aliphatic rings. The summed E-state index contributed by atoms with van der Waals surface area (Å²) < 4.78 is 0. The van der Waals surface area contributed by atoms with Gasteiger partial charge in [-0.05, 0) is 18.8 Å². The minimum Gasteiger partial charge on any atom is -0.393 e. The molecule has 1 saturated carbocycles. The van der Waals surface area contributed by atoms with E-state index >= 15 is 0 Å². The van der Waals surface area contributed by atoms with Crippen LogP contribution in [0.4, 0.5) is 0 Å². The number of hydrogen-bond acceptors (Lipinski definition) is 2. The van der Waals surface area contributed by atoms with Gasteiger partial charge in [0.25, 0.3) is 0 Å². The van der Waals surface area contributed by atoms with Crippen LogP contribution in [-0.4, -0.2) is 17.4 Å². The predicted molar refractivity (Wildman–Crippen MR) is 56.3 cm³/mol. The normalized spacial score (nSPS) is 17.9. The van der Waals surface area contributed by atoms with E-state index in [-0.39, 0.29) is 11.8 Å². The van der Waals surface area contributed by atoms with E-state index in [4.69, 9.17) is 18.0 Å². The fraction of sp³-hybridized carbons (Fsp3) is 0.778. The van der Waals surface area contributed by atoms with Gasteiger partial charge < -0.3 is 11.1 Å². The van der Waals surface area contributed by atoms with Crippen molar-refractivity contribution in [2.75, 3.05) is 6.54 Å². The molecule has 0 aliphatic heterocycles. The van der Waals surface area contributed by atoms with Gasteiger partial charge in [0.15, 0.2) is 0 Å². The summed E-state index contributed by atoms with van der Waals surface area (Å²) in [5.74, 6) is 0.912. The first-order valence-electron chi connectivity index (χ1n) is 4.67. The van der Waals surface area contributed by atoms with E-state index in [1.165, 1.54) is 12.8 Å². The summed E-state index contributed by atoms with van der Waals surface area (Å²) >= 11 is 4.70. The van der Waals surface area contributed by atoms with Crippen molar-refractivity contribution in [2.24, 2.45) is 17.6 Å². The highest BCUT2D eigenvalue weighted by atomic mass is 32.1. The number of carbonyl (C=O) groups is 1. The molecule has 0 bridgehead atoms. The van der Waals surface area contributed by atoms with Crippen LogP contribution in [0.1, 0.15) is 26.2 Å². The zero-order valence-corrected chi connectivity index (χ0v) is 8.69. The second kappa shape index (κ2) is 4.56. The van der Waals surface area contributed by atoms with Crippen molar-refractivity contribution in [3.63, 3.8) is 0 Å². The molecule has 13 heavy (non-hydrogen) atoms. The first-order valence-corrected chi connectivity index (χ1v) is 5.08. The highest BCUT2D eigenvalue weighted by Gasteiger charge is 2.32. The fourth-order valence-corrected chi connectivity index (χ4v) is 1.38. The summed E-state index contributed by atoms with van der Waals surface area (Å²) in [5, 5.41) is 2.83. The molecule has 0 saturated heterocycles. The minimum absolute atomic E-state index is 0.138. The van der Waals surface area contributed by atoms with E-state index in [1.807, 2.05) is 6.92 Å². The Bertz CT molecular complexity index is 214. The molecule has 74 valence electrons. The molecule has 1 atom stereocenters. The largest absolute Gasteiger partial charge is 0.393 e. The Morgan fingerprint density at radius 3 is 2.77 bits per heavy atom. The molecule has 0 radical (unpaired) electrons. The third-order valence-electron chi connectivity index (χ3n) is 2.41. The number of nitrogens with two attached hydrogens (primary N) is 1. The van der Waals surface area contributed by atoms with Crippen LogP contribution in [0.25, 0.3) is 0 Å². The van der Waals surface area contributed by atoms with Crippen molar-refractivity contribution in [2.45, 2.75) is 26.2 Å². The number of amides is 1. The lowest BCUT2D eigenvalue weighted by atomic mass is 10.1. The number of nitrogens with one attached hydrogen (secondary N) is 1. The minimum atomic E-state index is 0.138. The van der Waals surface area contributed by atoms with Crippen LogP contribution in [0.15, 0.2) is 0 Å². The average molecular weight is 200 g/mol. The van der Waals surface area contributed by atoms with E-state index < -0.39 is 0 Å². The molecule has 1 amide bonds. The molecule has 1 aliphatic carbocycles. The number of hydrogen-bond donors (Lipinski definition) is 2. The van der Waals surface area contributed by atoms with Gasteiger partial charge in [-0.2, -0.15) is 0 Å². The van der Waals surface area contributed by atoms with Crippen LogP contribution in [0, 0.1) is 11.8 Å². The Morgan fingerprint density at radius 1 is 1.69 bits per heavy atom. The number of carbonyl (C=O) groups excluding carboxylic acids is 1. The number of thiocarbonyl (C=S) groups is 1. The van der Waals surface area contributed by atoms with E-state index in [9.17, 15) is 4.79 Å². The molecule has 1 fully saturated rings. The summed E-state index contributed by atoms with van der Waals surface area (Å²) in [7, 11) is 0. The molecular weight excluding hydrogens is 184 g/mol. The van der Waals surface area contributed by atoms with Crippen LogP contribution in [0.2, 0.25) is 0 Å². The second-order valence-electron chi connectivity index (χ2n) is 3.63.